The second-order valence-corrected chi connectivity index (χ2v) is 3.54. The molecule has 3 heteroatoms. The second kappa shape index (κ2) is 4.67. The molecule has 0 heterocycles. The molecule has 0 aliphatic carbocycles. The van der Waals surface area contributed by atoms with Crippen molar-refractivity contribution in [2.45, 2.75) is 0 Å². The lowest BCUT2D eigenvalue weighted by Gasteiger charge is -2.08. The number of nitrogens with zero attached hydrogens (tertiary/aromatic N) is 1. The minimum absolute atomic E-state index is 0.330. The van der Waals surface area contributed by atoms with Gasteiger partial charge in [0, 0.05) is 5.56 Å². The summed E-state index contributed by atoms with van der Waals surface area (Å²) in [5.41, 5.74) is 1.94. The Balaban J connectivity index is 2.59. The van der Waals surface area contributed by atoms with Crippen molar-refractivity contribution in [1.82, 2.24) is 0 Å². The van der Waals surface area contributed by atoms with Crippen molar-refractivity contribution < 1.29 is 9.13 Å². The van der Waals surface area contributed by atoms with Gasteiger partial charge in [-0.3, -0.25) is 0 Å². The largest absolute Gasteiger partial charge is 0.496 e. The summed E-state index contributed by atoms with van der Waals surface area (Å²) in [6.07, 6.45) is 0. The summed E-state index contributed by atoms with van der Waals surface area (Å²) in [5, 5.41) is 8.83. The third kappa shape index (κ3) is 2.26. The van der Waals surface area contributed by atoms with Gasteiger partial charge in [-0.2, -0.15) is 5.26 Å². The van der Waals surface area contributed by atoms with E-state index in [1.165, 1.54) is 19.2 Å². The molecule has 2 nitrogen and oxygen atoms in total. The van der Waals surface area contributed by atoms with Crippen molar-refractivity contribution in [1.29, 1.82) is 5.26 Å². The van der Waals surface area contributed by atoms with Crippen LogP contribution in [0.5, 0.6) is 5.75 Å². The highest BCUT2D eigenvalue weighted by atomic mass is 19.1. The molecule has 0 N–H and O–H groups in total. The van der Waals surface area contributed by atoms with Crippen LogP contribution in [0.3, 0.4) is 0 Å². The van der Waals surface area contributed by atoms with E-state index in [2.05, 4.69) is 6.07 Å². The first-order chi connectivity index (χ1) is 8.24. The van der Waals surface area contributed by atoms with Crippen LogP contribution in [0.2, 0.25) is 0 Å². The molecule has 0 aliphatic heterocycles. The number of hydrogen-bond donors (Lipinski definition) is 0. The van der Waals surface area contributed by atoms with Crippen LogP contribution >= 0.6 is 0 Å². The van der Waals surface area contributed by atoms with E-state index in [0.717, 1.165) is 5.56 Å². The molecule has 17 heavy (non-hydrogen) atoms. The summed E-state index contributed by atoms with van der Waals surface area (Å²) in [7, 11) is 1.53. The molecule has 0 fully saturated rings. The van der Waals surface area contributed by atoms with E-state index in [-0.39, 0.29) is 5.82 Å². The van der Waals surface area contributed by atoms with Gasteiger partial charge in [0.2, 0.25) is 0 Å². The zero-order valence-electron chi connectivity index (χ0n) is 9.27. The third-order valence-electron chi connectivity index (χ3n) is 2.46. The zero-order chi connectivity index (χ0) is 12.3. The van der Waals surface area contributed by atoms with Gasteiger partial charge in [-0.15, -0.1) is 0 Å². The molecule has 84 valence electrons. The molecule has 0 aromatic heterocycles. The lowest BCUT2D eigenvalue weighted by atomic mass is 10.0. The number of methoxy groups -OCH3 is 1. The molecule has 0 aliphatic rings. The maximum Gasteiger partial charge on any atom is 0.126 e. The molecule has 0 spiro atoms. The van der Waals surface area contributed by atoms with E-state index >= 15 is 0 Å². The van der Waals surface area contributed by atoms with Crippen molar-refractivity contribution in [3.05, 3.63) is 53.8 Å². The number of ether oxygens (including phenoxy) is 1. The Kier molecular flexibility index (Phi) is 3.06. The molecule has 2 rings (SSSR count). The highest BCUT2D eigenvalue weighted by Gasteiger charge is 2.07. The number of benzene rings is 2. The fraction of sp³-hybridized carbons (Fsp3) is 0.0714. The van der Waals surface area contributed by atoms with E-state index in [0.29, 0.717) is 16.9 Å². The Morgan fingerprint density at radius 2 is 2.00 bits per heavy atom. The molecular weight excluding hydrogens is 217 g/mol. The van der Waals surface area contributed by atoms with Crippen molar-refractivity contribution in [3.63, 3.8) is 0 Å². The van der Waals surface area contributed by atoms with Gasteiger partial charge in [-0.1, -0.05) is 12.1 Å². The minimum atomic E-state index is -0.330. The minimum Gasteiger partial charge on any atom is -0.496 e. The Labute approximate surface area is 98.9 Å². The first kappa shape index (κ1) is 11.2. The van der Waals surface area contributed by atoms with Crippen molar-refractivity contribution in [2.75, 3.05) is 7.11 Å². The number of halogens is 1. The monoisotopic (exact) mass is 227 g/mol. The van der Waals surface area contributed by atoms with Crippen molar-refractivity contribution in [3.8, 4) is 22.9 Å². The van der Waals surface area contributed by atoms with Gasteiger partial charge in [0.25, 0.3) is 0 Å². The molecule has 0 saturated heterocycles. The van der Waals surface area contributed by atoms with E-state index in [9.17, 15) is 4.39 Å². The topological polar surface area (TPSA) is 33.0 Å². The molecule has 0 amide bonds. The number of nitriles is 1. The van der Waals surface area contributed by atoms with E-state index < -0.39 is 0 Å². The average Bonchev–Trinajstić information content (AvgIpc) is 2.39. The fourth-order valence-corrected chi connectivity index (χ4v) is 1.66. The van der Waals surface area contributed by atoms with E-state index in [4.69, 9.17) is 10.00 Å². The van der Waals surface area contributed by atoms with Gasteiger partial charge in [-0.25, -0.2) is 4.39 Å². The van der Waals surface area contributed by atoms with Crippen LogP contribution < -0.4 is 4.74 Å². The maximum atomic E-state index is 13.2. The van der Waals surface area contributed by atoms with Crippen LogP contribution in [0, 0.1) is 17.1 Å². The van der Waals surface area contributed by atoms with Crippen LogP contribution in [0.4, 0.5) is 4.39 Å². The van der Waals surface area contributed by atoms with Gasteiger partial charge >= 0.3 is 0 Å². The summed E-state index contributed by atoms with van der Waals surface area (Å²) in [6, 6.07) is 13.4. The second-order valence-electron chi connectivity index (χ2n) is 3.54. The van der Waals surface area contributed by atoms with Gasteiger partial charge in [0.15, 0.2) is 0 Å². The Morgan fingerprint density at radius 3 is 2.71 bits per heavy atom. The Morgan fingerprint density at radius 1 is 1.18 bits per heavy atom. The normalized spacial score (nSPS) is 9.71. The summed E-state index contributed by atoms with van der Waals surface area (Å²) >= 11 is 0. The molecule has 0 atom stereocenters. The predicted octanol–water partition coefficient (Wildman–Crippen LogP) is 3.37. The molecular formula is C14H10FNO. The Hall–Kier alpha value is -2.34. The van der Waals surface area contributed by atoms with Crippen LogP contribution in [-0.4, -0.2) is 7.11 Å². The summed E-state index contributed by atoms with van der Waals surface area (Å²) < 4.78 is 18.4. The first-order valence-electron chi connectivity index (χ1n) is 5.08. The SMILES string of the molecule is COc1ccc(F)cc1-c1cccc(C#N)c1. The highest BCUT2D eigenvalue weighted by molar-refractivity contribution is 5.71. The van der Waals surface area contributed by atoms with Gasteiger partial charge < -0.3 is 4.74 Å². The summed E-state index contributed by atoms with van der Waals surface area (Å²) in [4.78, 5) is 0. The van der Waals surface area contributed by atoms with Crippen molar-refractivity contribution >= 4 is 0 Å². The predicted molar refractivity (Wildman–Crippen MR) is 63.1 cm³/mol. The highest BCUT2D eigenvalue weighted by Crippen LogP contribution is 2.30. The van der Waals surface area contributed by atoms with E-state index in [1.807, 2.05) is 6.07 Å². The summed E-state index contributed by atoms with van der Waals surface area (Å²) in [5.74, 6) is 0.254. The molecule has 0 radical (unpaired) electrons. The van der Waals surface area contributed by atoms with Crippen LogP contribution in [0.15, 0.2) is 42.5 Å². The van der Waals surface area contributed by atoms with E-state index in [1.54, 1.807) is 24.3 Å². The summed E-state index contributed by atoms with van der Waals surface area (Å²) in [6.45, 7) is 0. The van der Waals surface area contributed by atoms with Crippen molar-refractivity contribution in [2.24, 2.45) is 0 Å². The number of rotatable bonds is 2. The first-order valence-corrected chi connectivity index (χ1v) is 5.08. The van der Waals surface area contributed by atoms with Gasteiger partial charge in [0.1, 0.15) is 11.6 Å². The molecule has 2 aromatic carbocycles. The smallest absolute Gasteiger partial charge is 0.126 e. The number of hydrogen-bond acceptors (Lipinski definition) is 2. The molecule has 2 aromatic rings. The molecule has 0 bridgehead atoms. The van der Waals surface area contributed by atoms with Crippen LogP contribution in [0.25, 0.3) is 11.1 Å². The van der Waals surface area contributed by atoms with Crippen LogP contribution in [0.1, 0.15) is 5.56 Å². The molecule has 0 unspecified atom stereocenters. The molecule has 0 saturated carbocycles. The quantitative estimate of drug-likeness (QED) is 0.788. The standard InChI is InChI=1S/C14H10FNO/c1-17-14-6-5-12(15)8-13(14)11-4-2-3-10(7-11)9-16/h2-8H,1H3. The maximum absolute atomic E-state index is 13.2. The lowest BCUT2D eigenvalue weighted by molar-refractivity contribution is 0.415. The van der Waals surface area contributed by atoms with Gasteiger partial charge in [-0.05, 0) is 35.9 Å². The van der Waals surface area contributed by atoms with Crippen LogP contribution in [-0.2, 0) is 0 Å². The lowest BCUT2D eigenvalue weighted by Crippen LogP contribution is -1.89. The average molecular weight is 227 g/mol. The Bertz CT molecular complexity index is 587. The third-order valence-corrected chi connectivity index (χ3v) is 2.46. The fourth-order valence-electron chi connectivity index (χ4n) is 1.66. The zero-order valence-corrected chi connectivity index (χ0v) is 9.27. The van der Waals surface area contributed by atoms with Gasteiger partial charge in [0.05, 0.1) is 18.7 Å².